The molecule has 0 saturated heterocycles. The van der Waals surface area contributed by atoms with Crippen molar-refractivity contribution in [2.45, 2.75) is 0 Å². The van der Waals surface area contributed by atoms with Crippen molar-refractivity contribution in [1.82, 2.24) is 4.57 Å². The molecule has 0 unspecified atom stereocenters. The molecule has 0 aliphatic heterocycles. The molecular formula is C34H24N2. The van der Waals surface area contributed by atoms with E-state index in [2.05, 4.69) is 155 Å². The Labute approximate surface area is 210 Å². The van der Waals surface area contributed by atoms with Gasteiger partial charge in [0, 0.05) is 38.9 Å². The van der Waals surface area contributed by atoms with E-state index in [1.165, 1.54) is 32.6 Å². The van der Waals surface area contributed by atoms with E-state index >= 15 is 0 Å². The van der Waals surface area contributed by atoms with E-state index in [9.17, 15) is 0 Å². The quantitative estimate of drug-likeness (QED) is 0.254. The summed E-state index contributed by atoms with van der Waals surface area (Å²) in [6, 6.07) is 51.8. The molecule has 7 rings (SSSR count). The minimum atomic E-state index is 1.13. The van der Waals surface area contributed by atoms with Gasteiger partial charge >= 0.3 is 0 Å². The van der Waals surface area contributed by atoms with Crippen molar-refractivity contribution in [2.75, 3.05) is 4.90 Å². The minimum Gasteiger partial charge on any atom is -0.311 e. The van der Waals surface area contributed by atoms with Crippen LogP contribution in [0.2, 0.25) is 0 Å². The standard InChI is InChI=1S/C34H24N2/c1-3-12-26(13-4-1)35(27-14-5-2-6-15-27)28-20-22-29(23-21-28)36-33-18-10-9-17-31(33)32-24-19-25-11-7-8-16-30(25)34(32)36/h1-24H. The maximum Gasteiger partial charge on any atom is 0.0619 e. The van der Waals surface area contributed by atoms with E-state index in [1.54, 1.807) is 0 Å². The summed E-state index contributed by atoms with van der Waals surface area (Å²) in [5, 5.41) is 5.08. The van der Waals surface area contributed by atoms with Gasteiger partial charge in [0.15, 0.2) is 0 Å². The number of para-hydroxylation sites is 3. The number of aromatic nitrogens is 1. The van der Waals surface area contributed by atoms with E-state index in [1.807, 2.05) is 0 Å². The summed E-state index contributed by atoms with van der Waals surface area (Å²) in [4.78, 5) is 2.30. The molecule has 0 bridgehead atoms. The summed E-state index contributed by atoms with van der Waals surface area (Å²) in [6.45, 7) is 0. The van der Waals surface area contributed by atoms with Gasteiger partial charge in [0.25, 0.3) is 0 Å². The maximum atomic E-state index is 2.41. The number of benzene rings is 6. The second kappa shape index (κ2) is 8.44. The third kappa shape index (κ3) is 3.27. The molecule has 0 amide bonds. The van der Waals surface area contributed by atoms with Gasteiger partial charge in [0.2, 0.25) is 0 Å². The van der Waals surface area contributed by atoms with Crippen molar-refractivity contribution in [3.8, 4) is 5.69 Å². The molecule has 0 N–H and O–H groups in total. The lowest BCUT2D eigenvalue weighted by molar-refractivity contribution is 1.18. The van der Waals surface area contributed by atoms with E-state index in [-0.39, 0.29) is 0 Å². The molecule has 7 aromatic rings. The van der Waals surface area contributed by atoms with Gasteiger partial charge in [-0.05, 0) is 60.0 Å². The topological polar surface area (TPSA) is 8.17 Å². The van der Waals surface area contributed by atoms with E-state index in [4.69, 9.17) is 0 Å². The van der Waals surface area contributed by atoms with Crippen LogP contribution in [0.15, 0.2) is 146 Å². The first-order valence-electron chi connectivity index (χ1n) is 12.3. The molecule has 6 aromatic carbocycles. The first-order chi connectivity index (χ1) is 17.9. The molecule has 0 fully saturated rings. The zero-order valence-electron chi connectivity index (χ0n) is 19.8. The SMILES string of the molecule is c1ccc(N(c2ccccc2)c2ccc(-n3c4ccccc4c4ccc5ccccc5c43)cc2)cc1. The second-order valence-corrected chi connectivity index (χ2v) is 9.06. The van der Waals surface area contributed by atoms with Crippen molar-refractivity contribution >= 4 is 49.6 Å². The average molecular weight is 461 g/mol. The Morgan fingerprint density at radius 2 is 0.944 bits per heavy atom. The Balaban J connectivity index is 1.44. The third-order valence-corrected chi connectivity index (χ3v) is 6.95. The summed E-state index contributed by atoms with van der Waals surface area (Å²) in [7, 11) is 0. The molecule has 2 nitrogen and oxygen atoms in total. The van der Waals surface area contributed by atoms with Crippen LogP contribution in [0.1, 0.15) is 0 Å². The molecule has 0 spiro atoms. The Morgan fingerprint density at radius 1 is 0.389 bits per heavy atom. The van der Waals surface area contributed by atoms with Crippen LogP contribution in [0.3, 0.4) is 0 Å². The largest absolute Gasteiger partial charge is 0.311 e. The van der Waals surface area contributed by atoms with Crippen molar-refractivity contribution in [2.24, 2.45) is 0 Å². The van der Waals surface area contributed by atoms with Crippen molar-refractivity contribution in [1.29, 1.82) is 0 Å². The molecule has 0 atom stereocenters. The van der Waals surface area contributed by atoms with Crippen LogP contribution in [0.25, 0.3) is 38.3 Å². The molecule has 0 radical (unpaired) electrons. The Kier molecular flexibility index (Phi) is 4.82. The molecule has 0 saturated carbocycles. The molecule has 1 heterocycles. The number of nitrogens with zero attached hydrogens (tertiary/aromatic N) is 2. The van der Waals surface area contributed by atoms with Gasteiger partial charge in [-0.1, -0.05) is 91.0 Å². The zero-order chi connectivity index (χ0) is 23.9. The monoisotopic (exact) mass is 460 g/mol. The molecule has 170 valence electrons. The highest BCUT2D eigenvalue weighted by molar-refractivity contribution is 6.18. The summed E-state index contributed by atoms with van der Waals surface area (Å²) in [6.07, 6.45) is 0. The summed E-state index contributed by atoms with van der Waals surface area (Å²) >= 11 is 0. The molecule has 2 heteroatoms. The molecule has 0 aliphatic rings. The van der Waals surface area contributed by atoms with Crippen LogP contribution >= 0.6 is 0 Å². The maximum absolute atomic E-state index is 2.41. The van der Waals surface area contributed by atoms with Gasteiger partial charge in [0.1, 0.15) is 0 Å². The normalized spacial score (nSPS) is 11.3. The van der Waals surface area contributed by atoms with Gasteiger partial charge in [-0.15, -0.1) is 0 Å². The highest BCUT2D eigenvalue weighted by atomic mass is 15.1. The van der Waals surface area contributed by atoms with Gasteiger partial charge in [-0.3, -0.25) is 0 Å². The first kappa shape index (κ1) is 20.5. The Hall–Kier alpha value is -4.82. The molecule has 36 heavy (non-hydrogen) atoms. The van der Waals surface area contributed by atoms with Crippen LogP contribution in [0, 0.1) is 0 Å². The smallest absolute Gasteiger partial charge is 0.0619 e. The lowest BCUT2D eigenvalue weighted by atomic mass is 10.1. The number of anilines is 3. The van der Waals surface area contributed by atoms with Crippen LogP contribution in [0.4, 0.5) is 17.1 Å². The fourth-order valence-electron chi connectivity index (χ4n) is 5.35. The van der Waals surface area contributed by atoms with E-state index in [0.717, 1.165) is 22.7 Å². The fourth-order valence-corrected chi connectivity index (χ4v) is 5.35. The summed E-state index contributed by atoms with van der Waals surface area (Å²) in [5.74, 6) is 0. The van der Waals surface area contributed by atoms with Crippen molar-refractivity contribution in [3.05, 3.63) is 146 Å². The van der Waals surface area contributed by atoms with Gasteiger partial charge in [-0.2, -0.15) is 0 Å². The van der Waals surface area contributed by atoms with E-state index in [0.29, 0.717) is 0 Å². The molecule has 0 aliphatic carbocycles. The lowest BCUT2D eigenvalue weighted by Gasteiger charge is -2.25. The van der Waals surface area contributed by atoms with Crippen molar-refractivity contribution < 1.29 is 0 Å². The van der Waals surface area contributed by atoms with Gasteiger partial charge in [-0.25, -0.2) is 0 Å². The third-order valence-electron chi connectivity index (χ3n) is 6.95. The van der Waals surface area contributed by atoms with Crippen LogP contribution in [0.5, 0.6) is 0 Å². The highest BCUT2D eigenvalue weighted by Crippen LogP contribution is 2.38. The summed E-state index contributed by atoms with van der Waals surface area (Å²) < 4.78 is 2.41. The van der Waals surface area contributed by atoms with Crippen molar-refractivity contribution in [3.63, 3.8) is 0 Å². The van der Waals surface area contributed by atoms with E-state index < -0.39 is 0 Å². The average Bonchev–Trinajstić information content (AvgIpc) is 3.30. The second-order valence-electron chi connectivity index (χ2n) is 9.06. The Morgan fingerprint density at radius 3 is 1.64 bits per heavy atom. The lowest BCUT2D eigenvalue weighted by Crippen LogP contribution is -2.09. The van der Waals surface area contributed by atoms with Crippen LogP contribution < -0.4 is 4.90 Å². The van der Waals surface area contributed by atoms with Crippen LogP contribution in [-0.2, 0) is 0 Å². The fraction of sp³-hybridized carbons (Fsp3) is 0. The predicted molar refractivity (Wildman–Crippen MR) is 153 cm³/mol. The zero-order valence-corrected chi connectivity index (χ0v) is 19.8. The number of rotatable bonds is 4. The highest BCUT2D eigenvalue weighted by Gasteiger charge is 2.16. The number of hydrogen-bond donors (Lipinski definition) is 0. The summed E-state index contributed by atoms with van der Waals surface area (Å²) in [5.41, 5.74) is 7.03. The predicted octanol–water partition coefficient (Wildman–Crippen LogP) is 9.41. The molecule has 1 aromatic heterocycles. The number of fused-ring (bicyclic) bond motifs is 5. The first-order valence-corrected chi connectivity index (χ1v) is 12.3. The minimum absolute atomic E-state index is 1.13. The Bertz CT molecular complexity index is 1780. The molecular weight excluding hydrogens is 436 g/mol. The number of hydrogen-bond acceptors (Lipinski definition) is 1. The van der Waals surface area contributed by atoms with Crippen LogP contribution in [-0.4, -0.2) is 4.57 Å². The van der Waals surface area contributed by atoms with Gasteiger partial charge < -0.3 is 9.47 Å². The van der Waals surface area contributed by atoms with Gasteiger partial charge in [0.05, 0.1) is 11.0 Å².